The van der Waals surface area contributed by atoms with Crippen molar-refractivity contribution in [2.45, 2.75) is 13.3 Å². The lowest BCUT2D eigenvalue weighted by Crippen LogP contribution is -2.19. The molecule has 0 saturated carbocycles. The van der Waals surface area contributed by atoms with Crippen molar-refractivity contribution in [1.29, 1.82) is 0 Å². The molecule has 0 bridgehead atoms. The lowest BCUT2D eigenvalue weighted by Gasteiger charge is -2.05. The van der Waals surface area contributed by atoms with E-state index in [9.17, 15) is 0 Å². The van der Waals surface area contributed by atoms with Crippen molar-refractivity contribution in [2.75, 3.05) is 19.4 Å². The molecule has 0 spiro atoms. The van der Waals surface area contributed by atoms with Gasteiger partial charge in [0.05, 0.1) is 5.69 Å². The van der Waals surface area contributed by atoms with Gasteiger partial charge in [0.25, 0.3) is 0 Å². The highest BCUT2D eigenvalue weighted by molar-refractivity contribution is 5.42. The number of nitrogens with one attached hydrogen (secondary N) is 1. The second-order valence-electron chi connectivity index (χ2n) is 3.32. The standard InChI is InChI=1S/C13H19N3/c1-4-5-6-7-10-16-11-8-9-12(14-2)13(16)15-3/h4-5,7-11,14H,6H2,1-3H3/b5-4-,10-7+,15-13?. The number of anilines is 1. The molecule has 0 amide bonds. The topological polar surface area (TPSA) is 29.3 Å². The fraction of sp³-hybridized carbons (Fsp3) is 0.308. The van der Waals surface area contributed by atoms with Gasteiger partial charge in [0.15, 0.2) is 5.49 Å². The number of rotatable bonds is 4. The third-order valence-electron chi connectivity index (χ3n) is 2.25. The minimum atomic E-state index is 0.932. The van der Waals surface area contributed by atoms with Crippen LogP contribution in [0.5, 0.6) is 0 Å². The van der Waals surface area contributed by atoms with E-state index in [4.69, 9.17) is 0 Å². The van der Waals surface area contributed by atoms with Crippen LogP contribution in [0.4, 0.5) is 5.69 Å². The van der Waals surface area contributed by atoms with Gasteiger partial charge >= 0.3 is 0 Å². The first-order valence-electron chi connectivity index (χ1n) is 5.43. The van der Waals surface area contributed by atoms with Crippen molar-refractivity contribution in [3.05, 3.63) is 42.0 Å². The Balaban J connectivity index is 3.01. The van der Waals surface area contributed by atoms with E-state index in [1.807, 2.05) is 49.1 Å². The van der Waals surface area contributed by atoms with Gasteiger partial charge in [-0.05, 0) is 25.5 Å². The summed E-state index contributed by atoms with van der Waals surface area (Å²) in [6.07, 6.45) is 11.2. The van der Waals surface area contributed by atoms with E-state index in [1.54, 1.807) is 7.05 Å². The number of allylic oxidation sites excluding steroid dienone is 3. The van der Waals surface area contributed by atoms with Gasteiger partial charge in [0.1, 0.15) is 0 Å². The maximum Gasteiger partial charge on any atom is 0.155 e. The van der Waals surface area contributed by atoms with E-state index in [0.717, 1.165) is 17.6 Å². The Morgan fingerprint density at radius 3 is 2.88 bits per heavy atom. The molecule has 0 aliphatic rings. The molecule has 3 nitrogen and oxygen atoms in total. The van der Waals surface area contributed by atoms with Crippen LogP contribution in [-0.2, 0) is 0 Å². The van der Waals surface area contributed by atoms with Crippen LogP contribution in [0.15, 0.2) is 41.6 Å². The van der Waals surface area contributed by atoms with E-state index < -0.39 is 0 Å². The van der Waals surface area contributed by atoms with Gasteiger partial charge in [-0.1, -0.05) is 18.2 Å². The first kappa shape index (κ1) is 12.3. The van der Waals surface area contributed by atoms with E-state index in [0.29, 0.717) is 0 Å². The molecular weight excluding hydrogens is 198 g/mol. The maximum absolute atomic E-state index is 4.27. The number of nitrogens with zero attached hydrogens (tertiary/aromatic N) is 2. The molecule has 1 aromatic rings. The number of hydrogen-bond acceptors (Lipinski definition) is 2. The van der Waals surface area contributed by atoms with Crippen LogP contribution in [0, 0.1) is 0 Å². The van der Waals surface area contributed by atoms with E-state index >= 15 is 0 Å². The fourth-order valence-electron chi connectivity index (χ4n) is 1.46. The normalized spacial score (nSPS) is 12.8. The summed E-state index contributed by atoms with van der Waals surface area (Å²) in [5, 5.41) is 3.13. The Morgan fingerprint density at radius 2 is 2.25 bits per heavy atom. The van der Waals surface area contributed by atoms with Gasteiger partial charge in [0, 0.05) is 26.5 Å². The summed E-state index contributed by atoms with van der Waals surface area (Å²) in [6, 6.07) is 4.01. The van der Waals surface area contributed by atoms with Crippen molar-refractivity contribution in [3.8, 4) is 0 Å². The lowest BCUT2D eigenvalue weighted by molar-refractivity contribution is 0.988. The zero-order valence-corrected chi connectivity index (χ0v) is 10.1. The molecule has 0 saturated heterocycles. The van der Waals surface area contributed by atoms with Gasteiger partial charge in [-0.2, -0.15) is 0 Å². The molecule has 1 heterocycles. The first-order valence-corrected chi connectivity index (χ1v) is 5.43. The van der Waals surface area contributed by atoms with Crippen LogP contribution >= 0.6 is 0 Å². The molecule has 3 heteroatoms. The third-order valence-corrected chi connectivity index (χ3v) is 2.25. The highest BCUT2D eigenvalue weighted by Crippen LogP contribution is 1.98. The van der Waals surface area contributed by atoms with Gasteiger partial charge in [-0.3, -0.25) is 4.99 Å². The van der Waals surface area contributed by atoms with Crippen molar-refractivity contribution in [3.63, 3.8) is 0 Å². The average Bonchev–Trinajstić information content (AvgIpc) is 2.34. The van der Waals surface area contributed by atoms with Crippen molar-refractivity contribution >= 4 is 11.9 Å². The third kappa shape index (κ3) is 3.12. The molecule has 0 aliphatic carbocycles. The summed E-state index contributed by atoms with van der Waals surface area (Å²) in [5.41, 5.74) is 1.96. The summed E-state index contributed by atoms with van der Waals surface area (Å²) in [5.74, 6) is 0. The predicted molar refractivity (Wildman–Crippen MR) is 70.2 cm³/mol. The zero-order chi connectivity index (χ0) is 11.8. The molecule has 0 radical (unpaired) electrons. The van der Waals surface area contributed by atoms with Crippen molar-refractivity contribution in [2.24, 2.45) is 4.99 Å². The molecule has 0 aromatic carbocycles. The van der Waals surface area contributed by atoms with Crippen LogP contribution in [0.2, 0.25) is 0 Å². The number of hydrogen-bond donors (Lipinski definition) is 1. The molecule has 1 N–H and O–H groups in total. The van der Waals surface area contributed by atoms with Crippen LogP contribution in [0.25, 0.3) is 6.20 Å². The molecule has 0 fully saturated rings. The maximum atomic E-state index is 4.27. The van der Waals surface area contributed by atoms with Crippen molar-refractivity contribution < 1.29 is 0 Å². The smallest absolute Gasteiger partial charge is 0.155 e. The summed E-state index contributed by atoms with van der Waals surface area (Å²) >= 11 is 0. The minimum Gasteiger partial charge on any atom is -0.385 e. The first-order chi connectivity index (χ1) is 7.83. The van der Waals surface area contributed by atoms with Crippen LogP contribution in [0.1, 0.15) is 13.3 Å². The van der Waals surface area contributed by atoms with Gasteiger partial charge in [-0.15, -0.1) is 0 Å². The molecule has 1 rings (SSSR count). The molecule has 16 heavy (non-hydrogen) atoms. The van der Waals surface area contributed by atoms with E-state index in [2.05, 4.69) is 22.5 Å². The molecule has 86 valence electrons. The van der Waals surface area contributed by atoms with Crippen molar-refractivity contribution in [1.82, 2.24) is 4.57 Å². The molecule has 0 aliphatic heterocycles. The Bertz CT molecular complexity index is 439. The highest BCUT2D eigenvalue weighted by atomic mass is 15.0. The summed E-state index contributed by atoms with van der Waals surface area (Å²) in [4.78, 5) is 4.27. The summed E-state index contributed by atoms with van der Waals surface area (Å²) in [6.45, 7) is 2.02. The Kier molecular flexibility index (Phi) is 5.12. The summed E-state index contributed by atoms with van der Waals surface area (Å²) < 4.78 is 2.01. The number of pyridine rings is 1. The molecule has 1 aromatic heterocycles. The molecule has 0 atom stereocenters. The Labute approximate surface area is 96.8 Å². The molecule has 0 unspecified atom stereocenters. The van der Waals surface area contributed by atoms with E-state index in [1.165, 1.54) is 0 Å². The zero-order valence-electron chi connectivity index (χ0n) is 10.1. The van der Waals surface area contributed by atoms with Gasteiger partial charge in [-0.25, -0.2) is 0 Å². The second kappa shape index (κ2) is 6.67. The second-order valence-corrected chi connectivity index (χ2v) is 3.32. The number of aromatic nitrogens is 1. The van der Waals surface area contributed by atoms with Gasteiger partial charge < -0.3 is 9.88 Å². The molecular formula is C13H19N3. The summed E-state index contributed by atoms with van der Waals surface area (Å²) in [7, 11) is 3.70. The largest absolute Gasteiger partial charge is 0.385 e. The predicted octanol–water partition coefficient (Wildman–Crippen LogP) is 2.50. The fourth-order valence-corrected chi connectivity index (χ4v) is 1.46. The minimum absolute atomic E-state index is 0.932. The monoisotopic (exact) mass is 217 g/mol. The average molecular weight is 217 g/mol. The van der Waals surface area contributed by atoms with Crippen LogP contribution in [-0.4, -0.2) is 18.7 Å². The Hall–Kier alpha value is -1.77. The van der Waals surface area contributed by atoms with Crippen LogP contribution in [0.3, 0.4) is 0 Å². The van der Waals surface area contributed by atoms with Crippen LogP contribution < -0.4 is 10.8 Å². The van der Waals surface area contributed by atoms with E-state index in [-0.39, 0.29) is 0 Å². The van der Waals surface area contributed by atoms with Gasteiger partial charge in [0.2, 0.25) is 0 Å². The highest BCUT2D eigenvalue weighted by Gasteiger charge is 1.94. The Morgan fingerprint density at radius 1 is 1.44 bits per heavy atom. The quantitative estimate of drug-likeness (QED) is 0.771. The SMILES string of the molecule is C/C=C\C/C=C/n1cccc(NC)c1=NC. The lowest BCUT2D eigenvalue weighted by atomic mass is 10.3.